The molecule has 2 aromatic rings. The maximum absolute atomic E-state index is 9.00. The zero-order valence-electron chi connectivity index (χ0n) is 7.72. The van der Waals surface area contributed by atoms with Gasteiger partial charge in [-0.25, -0.2) is 0 Å². The number of rotatable bonds is 2. The van der Waals surface area contributed by atoms with Crippen LogP contribution in [0.2, 0.25) is 0 Å². The Morgan fingerprint density at radius 3 is 2.50 bits per heavy atom. The fourth-order valence-electron chi connectivity index (χ4n) is 1.39. The van der Waals surface area contributed by atoms with Crippen LogP contribution in [0.1, 0.15) is 5.56 Å². The number of hydrogen-bond acceptors (Lipinski definition) is 2. The van der Waals surface area contributed by atoms with E-state index >= 15 is 0 Å². The van der Waals surface area contributed by atoms with Crippen LogP contribution in [0.4, 0.5) is 0 Å². The van der Waals surface area contributed by atoms with Crippen LogP contribution in [0.15, 0.2) is 48.8 Å². The monoisotopic (exact) mass is 185 g/mol. The van der Waals surface area contributed by atoms with E-state index in [1.807, 2.05) is 36.4 Å². The Balaban J connectivity index is 2.42. The number of aliphatic hydroxyl groups is 1. The molecule has 0 aliphatic carbocycles. The second-order valence-corrected chi connectivity index (χ2v) is 3.09. The van der Waals surface area contributed by atoms with Crippen LogP contribution in [0.5, 0.6) is 0 Å². The molecule has 2 rings (SSSR count). The first-order chi connectivity index (χ1) is 6.90. The first-order valence-electron chi connectivity index (χ1n) is 4.50. The smallest absolute Gasteiger partial charge is 0.0682 e. The lowest BCUT2D eigenvalue weighted by atomic mass is 10.0. The molecule has 0 saturated heterocycles. The minimum absolute atomic E-state index is 0.0823. The molecular weight excluding hydrogens is 174 g/mol. The van der Waals surface area contributed by atoms with Gasteiger partial charge in [-0.15, -0.1) is 0 Å². The van der Waals surface area contributed by atoms with E-state index in [2.05, 4.69) is 4.98 Å². The highest BCUT2D eigenvalue weighted by Crippen LogP contribution is 2.19. The number of aromatic nitrogens is 1. The molecule has 0 atom stereocenters. The van der Waals surface area contributed by atoms with E-state index < -0.39 is 0 Å². The maximum Gasteiger partial charge on any atom is 0.0682 e. The molecule has 1 N–H and O–H groups in total. The highest BCUT2D eigenvalue weighted by atomic mass is 16.3. The van der Waals surface area contributed by atoms with Crippen molar-refractivity contribution in [2.45, 2.75) is 6.61 Å². The number of pyridine rings is 1. The van der Waals surface area contributed by atoms with Gasteiger partial charge in [-0.2, -0.15) is 0 Å². The fraction of sp³-hybridized carbons (Fsp3) is 0.0833. The van der Waals surface area contributed by atoms with Crippen molar-refractivity contribution in [3.05, 3.63) is 54.4 Å². The van der Waals surface area contributed by atoms with Gasteiger partial charge >= 0.3 is 0 Å². The van der Waals surface area contributed by atoms with E-state index in [4.69, 9.17) is 5.11 Å². The van der Waals surface area contributed by atoms with Gasteiger partial charge in [0.25, 0.3) is 0 Å². The molecule has 0 aliphatic heterocycles. The first-order valence-corrected chi connectivity index (χ1v) is 4.50. The Morgan fingerprint density at radius 1 is 1.00 bits per heavy atom. The van der Waals surface area contributed by atoms with Crippen molar-refractivity contribution in [1.29, 1.82) is 0 Å². The summed E-state index contributed by atoms with van der Waals surface area (Å²) in [5.41, 5.74) is 3.16. The molecule has 14 heavy (non-hydrogen) atoms. The Kier molecular flexibility index (Phi) is 2.56. The summed E-state index contributed by atoms with van der Waals surface area (Å²) in [6.45, 7) is 0.0823. The van der Waals surface area contributed by atoms with Crippen LogP contribution in [0, 0.1) is 0 Å². The first kappa shape index (κ1) is 8.91. The Labute approximate surface area is 82.9 Å². The normalized spacial score (nSPS) is 10.1. The molecule has 1 aromatic heterocycles. The van der Waals surface area contributed by atoms with Gasteiger partial charge in [0.05, 0.1) is 6.61 Å². The van der Waals surface area contributed by atoms with Crippen molar-refractivity contribution < 1.29 is 5.11 Å². The largest absolute Gasteiger partial charge is 0.392 e. The van der Waals surface area contributed by atoms with Crippen molar-refractivity contribution in [2.24, 2.45) is 0 Å². The van der Waals surface area contributed by atoms with Gasteiger partial charge in [0, 0.05) is 12.4 Å². The molecule has 2 nitrogen and oxygen atoms in total. The molecule has 0 spiro atoms. The topological polar surface area (TPSA) is 33.1 Å². The second kappa shape index (κ2) is 4.03. The number of hydrogen-bond donors (Lipinski definition) is 1. The third-order valence-corrected chi connectivity index (χ3v) is 2.12. The number of aliphatic hydroxyl groups excluding tert-OH is 1. The van der Waals surface area contributed by atoms with Crippen molar-refractivity contribution >= 4 is 0 Å². The summed E-state index contributed by atoms with van der Waals surface area (Å²) in [5.74, 6) is 0. The molecule has 0 bridgehead atoms. The molecule has 1 aromatic carbocycles. The standard InChI is InChI=1S/C12H11NO/c14-9-10-2-1-3-12(8-10)11-4-6-13-7-5-11/h1-8,14H,9H2. The van der Waals surface area contributed by atoms with Gasteiger partial charge in [0.15, 0.2) is 0 Å². The van der Waals surface area contributed by atoms with Crippen molar-refractivity contribution in [1.82, 2.24) is 4.98 Å². The van der Waals surface area contributed by atoms with Crippen LogP contribution < -0.4 is 0 Å². The molecule has 0 amide bonds. The fourth-order valence-corrected chi connectivity index (χ4v) is 1.39. The third-order valence-electron chi connectivity index (χ3n) is 2.12. The zero-order valence-corrected chi connectivity index (χ0v) is 7.72. The van der Waals surface area contributed by atoms with Crippen LogP contribution in [-0.2, 0) is 6.61 Å². The maximum atomic E-state index is 9.00. The predicted octanol–water partition coefficient (Wildman–Crippen LogP) is 2.24. The van der Waals surface area contributed by atoms with E-state index in [1.54, 1.807) is 12.4 Å². The predicted molar refractivity (Wildman–Crippen MR) is 55.6 cm³/mol. The summed E-state index contributed by atoms with van der Waals surface area (Å²) in [6.07, 6.45) is 3.53. The zero-order chi connectivity index (χ0) is 9.80. The summed E-state index contributed by atoms with van der Waals surface area (Å²) in [5, 5.41) is 9.00. The van der Waals surface area contributed by atoms with E-state index in [1.165, 1.54) is 0 Å². The molecular formula is C12H11NO. The summed E-state index contributed by atoms with van der Waals surface area (Å²) in [4.78, 5) is 3.96. The van der Waals surface area contributed by atoms with Gasteiger partial charge in [-0.05, 0) is 34.9 Å². The highest BCUT2D eigenvalue weighted by molar-refractivity contribution is 5.63. The molecule has 2 heteroatoms. The molecule has 70 valence electrons. The van der Waals surface area contributed by atoms with Crippen LogP contribution in [0.3, 0.4) is 0 Å². The quantitative estimate of drug-likeness (QED) is 0.778. The lowest BCUT2D eigenvalue weighted by Crippen LogP contribution is -1.84. The van der Waals surface area contributed by atoms with E-state index in [9.17, 15) is 0 Å². The number of benzene rings is 1. The molecule has 0 radical (unpaired) electrons. The SMILES string of the molecule is OCc1cccc(-c2ccncc2)c1. The van der Waals surface area contributed by atoms with Crippen molar-refractivity contribution in [3.63, 3.8) is 0 Å². The lowest BCUT2D eigenvalue weighted by Gasteiger charge is -2.02. The molecule has 0 unspecified atom stereocenters. The average Bonchev–Trinajstić information content (AvgIpc) is 2.30. The minimum atomic E-state index is 0.0823. The lowest BCUT2D eigenvalue weighted by molar-refractivity contribution is 0.282. The summed E-state index contributed by atoms with van der Waals surface area (Å²) in [6, 6.07) is 11.8. The van der Waals surface area contributed by atoms with E-state index in [-0.39, 0.29) is 6.61 Å². The molecule has 1 heterocycles. The molecule has 0 saturated carbocycles. The van der Waals surface area contributed by atoms with Gasteiger partial charge in [-0.3, -0.25) is 4.98 Å². The van der Waals surface area contributed by atoms with Gasteiger partial charge in [0.2, 0.25) is 0 Å². The van der Waals surface area contributed by atoms with Crippen LogP contribution in [-0.4, -0.2) is 10.1 Å². The van der Waals surface area contributed by atoms with Crippen molar-refractivity contribution in [3.8, 4) is 11.1 Å². The van der Waals surface area contributed by atoms with Gasteiger partial charge in [0.1, 0.15) is 0 Å². The van der Waals surface area contributed by atoms with Crippen LogP contribution in [0.25, 0.3) is 11.1 Å². The highest BCUT2D eigenvalue weighted by Gasteiger charge is 1.97. The summed E-state index contributed by atoms with van der Waals surface area (Å²) in [7, 11) is 0. The molecule has 0 fully saturated rings. The average molecular weight is 185 g/mol. The third kappa shape index (κ3) is 1.80. The molecule has 0 aliphatic rings. The Hall–Kier alpha value is -1.67. The summed E-state index contributed by atoms with van der Waals surface area (Å²) >= 11 is 0. The van der Waals surface area contributed by atoms with Gasteiger partial charge < -0.3 is 5.11 Å². The second-order valence-electron chi connectivity index (χ2n) is 3.09. The van der Waals surface area contributed by atoms with E-state index in [0.29, 0.717) is 0 Å². The summed E-state index contributed by atoms with van der Waals surface area (Å²) < 4.78 is 0. The number of nitrogens with zero attached hydrogens (tertiary/aromatic N) is 1. The van der Waals surface area contributed by atoms with Gasteiger partial charge in [-0.1, -0.05) is 18.2 Å². The Morgan fingerprint density at radius 2 is 1.79 bits per heavy atom. The minimum Gasteiger partial charge on any atom is -0.392 e. The van der Waals surface area contributed by atoms with E-state index in [0.717, 1.165) is 16.7 Å². The van der Waals surface area contributed by atoms with Crippen LogP contribution >= 0.6 is 0 Å². The Bertz CT molecular complexity index is 412. The van der Waals surface area contributed by atoms with Crippen molar-refractivity contribution in [2.75, 3.05) is 0 Å².